The molecule has 17 heteroatoms. The fourth-order valence-corrected chi connectivity index (χ4v) is 3.80. The largest absolute Gasteiger partial charge is 0.481 e. The first-order valence-corrected chi connectivity index (χ1v) is 9.90. The van der Waals surface area contributed by atoms with Gasteiger partial charge in [-0.05, 0) is 6.07 Å². The predicted octanol–water partition coefficient (Wildman–Crippen LogP) is -1.09. The lowest BCUT2D eigenvalue weighted by molar-refractivity contribution is -0.0542. The van der Waals surface area contributed by atoms with E-state index >= 15 is 0 Å². The normalized spacial score (nSPS) is 28.3. The summed E-state index contributed by atoms with van der Waals surface area (Å²) in [6.07, 6.45) is -4.77. The molecule has 5 unspecified atom stereocenters. The SMILES string of the molecule is N.O=c1[nH]c(=S)ccn1C1OC(COP(=O)(O)OP(=O)(O)O)C(O)C1O. The van der Waals surface area contributed by atoms with Crippen molar-refractivity contribution >= 4 is 27.9 Å². The number of phosphoric ester groups is 1. The average molecular weight is 437 g/mol. The maximum Gasteiger partial charge on any atom is 0.481 e. The molecule has 5 atom stereocenters. The van der Waals surface area contributed by atoms with Gasteiger partial charge in [0.05, 0.1) is 6.61 Å². The van der Waals surface area contributed by atoms with Crippen molar-refractivity contribution in [2.75, 3.05) is 6.61 Å². The summed E-state index contributed by atoms with van der Waals surface area (Å²) >= 11 is 4.76. The van der Waals surface area contributed by atoms with Gasteiger partial charge in [-0.2, -0.15) is 4.31 Å². The first kappa shape index (κ1) is 23.2. The Labute approximate surface area is 150 Å². The molecular weight excluding hydrogens is 420 g/mol. The molecule has 150 valence electrons. The molecule has 0 aliphatic carbocycles. The van der Waals surface area contributed by atoms with E-state index in [1.807, 2.05) is 0 Å². The van der Waals surface area contributed by atoms with Crippen LogP contribution >= 0.6 is 27.9 Å². The molecule has 0 amide bonds. The Morgan fingerprint density at radius 1 is 1.27 bits per heavy atom. The summed E-state index contributed by atoms with van der Waals surface area (Å²) in [5.74, 6) is 0. The van der Waals surface area contributed by atoms with Crippen molar-refractivity contribution in [3.63, 3.8) is 0 Å². The Balaban J connectivity index is 0.00000338. The van der Waals surface area contributed by atoms with Gasteiger partial charge < -0.3 is 35.8 Å². The highest BCUT2D eigenvalue weighted by atomic mass is 32.1. The summed E-state index contributed by atoms with van der Waals surface area (Å²) in [6.45, 7) is -0.861. The Kier molecular flexibility index (Phi) is 7.58. The molecule has 26 heavy (non-hydrogen) atoms. The van der Waals surface area contributed by atoms with Gasteiger partial charge in [-0.1, -0.05) is 12.2 Å². The number of ether oxygens (including phenoxy) is 1. The molecule has 2 rings (SSSR count). The van der Waals surface area contributed by atoms with Crippen LogP contribution in [0.3, 0.4) is 0 Å². The summed E-state index contributed by atoms with van der Waals surface area (Å²) in [5.41, 5.74) is -0.733. The molecule has 1 saturated heterocycles. The molecule has 0 aromatic carbocycles. The van der Waals surface area contributed by atoms with E-state index < -0.39 is 52.5 Å². The Hall–Kier alpha value is -0.800. The first-order chi connectivity index (χ1) is 11.4. The predicted molar refractivity (Wildman–Crippen MR) is 85.7 cm³/mol. The van der Waals surface area contributed by atoms with E-state index in [4.69, 9.17) is 31.6 Å². The Morgan fingerprint density at radius 3 is 2.42 bits per heavy atom. The fourth-order valence-electron chi connectivity index (χ4n) is 2.05. The number of hydrogen-bond acceptors (Lipinski definition) is 10. The fraction of sp³-hybridized carbons (Fsp3) is 0.556. The highest BCUT2D eigenvalue weighted by molar-refractivity contribution is 7.71. The van der Waals surface area contributed by atoms with Crippen molar-refractivity contribution in [2.45, 2.75) is 24.5 Å². The van der Waals surface area contributed by atoms with E-state index in [1.165, 1.54) is 12.3 Å². The Bertz CT molecular complexity index is 837. The molecule has 9 N–H and O–H groups in total. The number of rotatable bonds is 6. The van der Waals surface area contributed by atoms with Crippen molar-refractivity contribution in [1.82, 2.24) is 15.7 Å². The van der Waals surface area contributed by atoms with Crippen molar-refractivity contribution in [3.8, 4) is 0 Å². The zero-order valence-electron chi connectivity index (χ0n) is 12.8. The van der Waals surface area contributed by atoms with E-state index in [0.717, 1.165) is 4.57 Å². The van der Waals surface area contributed by atoms with Gasteiger partial charge in [0.15, 0.2) is 6.23 Å². The standard InChI is InChI=1S/C9H14N2O11P2S.H3N/c12-6-4(3-20-24(18,19)22-23(15,16)17)21-8(7(6)13)11-2-1-5(25)10-9(11)14;/h1-2,4,6-8,12-13H,3H2,(H,18,19)(H,10,14,25)(H2,15,16,17);1H3. The van der Waals surface area contributed by atoms with Gasteiger partial charge in [0, 0.05) is 6.20 Å². The number of aromatic nitrogens is 2. The molecule has 0 spiro atoms. The topological polar surface area (TPSA) is 236 Å². The average Bonchev–Trinajstić information content (AvgIpc) is 2.71. The third kappa shape index (κ3) is 5.85. The van der Waals surface area contributed by atoms with Crippen LogP contribution in [0.15, 0.2) is 17.1 Å². The van der Waals surface area contributed by atoms with Crippen LogP contribution in [0.1, 0.15) is 6.23 Å². The van der Waals surface area contributed by atoms with Crippen molar-refractivity contribution in [3.05, 3.63) is 27.4 Å². The van der Waals surface area contributed by atoms with E-state index in [2.05, 4.69) is 13.8 Å². The van der Waals surface area contributed by atoms with Crippen LogP contribution in [0.2, 0.25) is 0 Å². The van der Waals surface area contributed by atoms with Crippen LogP contribution < -0.4 is 11.8 Å². The second kappa shape index (κ2) is 8.48. The van der Waals surface area contributed by atoms with Crippen LogP contribution in [-0.2, 0) is 22.7 Å². The van der Waals surface area contributed by atoms with Crippen LogP contribution in [0.5, 0.6) is 0 Å². The van der Waals surface area contributed by atoms with E-state index in [0.29, 0.717) is 0 Å². The molecule has 2 heterocycles. The van der Waals surface area contributed by atoms with Crippen LogP contribution in [0, 0.1) is 4.64 Å². The highest BCUT2D eigenvalue weighted by Gasteiger charge is 2.45. The molecule has 1 fully saturated rings. The minimum absolute atomic E-state index is 0. The smallest absolute Gasteiger partial charge is 0.387 e. The second-order valence-electron chi connectivity index (χ2n) is 4.90. The van der Waals surface area contributed by atoms with Gasteiger partial charge in [-0.25, -0.2) is 13.9 Å². The molecular formula is C9H17N3O11P2S. The second-order valence-corrected chi connectivity index (χ2v) is 8.17. The number of aliphatic hydroxyl groups is 2. The highest BCUT2D eigenvalue weighted by Crippen LogP contribution is 2.57. The van der Waals surface area contributed by atoms with Gasteiger partial charge in [0.25, 0.3) is 0 Å². The zero-order valence-corrected chi connectivity index (χ0v) is 15.4. The molecule has 1 aromatic heterocycles. The minimum atomic E-state index is -5.30. The quantitative estimate of drug-likeness (QED) is 0.207. The van der Waals surface area contributed by atoms with E-state index in [1.54, 1.807) is 0 Å². The van der Waals surface area contributed by atoms with Gasteiger partial charge in [0.1, 0.15) is 23.0 Å². The molecule has 0 radical (unpaired) electrons. The number of H-pyrrole nitrogens is 1. The zero-order chi connectivity index (χ0) is 19.0. The molecule has 14 nitrogen and oxygen atoms in total. The monoisotopic (exact) mass is 437 g/mol. The van der Waals surface area contributed by atoms with Crippen LogP contribution in [0.25, 0.3) is 0 Å². The lowest BCUT2D eigenvalue weighted by atomic mass is 10.1. The lowest BCUT2D eigenvalue weighted by Gasteiger charge is -2.17. The van der Waals surface area contributed by atoms with E-state index in [-0.39, 0.29) is 10.8 Å². The summed E-state index contributed by atoms with van der Waals surface area (Å²) < 4.78 is 36.1. The van der Waals surface area contributed by atoms with Crippen LogP contribution in [0.4, 0.5) is 0 Å². The summed E-state index contributed by atoms with van der Waals surface area (Å²) in [5, 5.41) is 19.9. The summed E-state index contributed by atoms with van der Waals surface area (Å²) in [6, 6.07) is 1.33. The minimum Gasteiger partial charge on any atom is -0.387 e. The van der Waals surface area contributed by atoms with Crippen LogP contribution in [-0.4, -0.2) is 59.4 Å². The number of nitrogens with zero attached hydrogens (tertiary/aromatic N) is 1. The molecule has 1 aliphatic rings. The van der Waals surface area contributed by atoms with Crippen molar-refractivity contribution in [1.29, 1.82) is 0 Å². The lowest BCUT2D eigenvalue weighted by Crippen LogP contribution is -2.36. The third-order valence-corrected chi connectivity index (χ3v) is 5.46. The number of phosphoric acid groups is 2. The van der Waals surface area contributed by atoms with Gasteiger partial charge in [-0.15, -0.1) is 0 Å². The summed E-state index contributed by atoms with van der Waals surface area (Å²) in [7, 11) is -10.4. The van der Waals surface area contributed by atoms with Gasteiger partial charge >= 0.3 is 21.3 Å². The van der Waals surface area contributed by atoms with Gasteiger partial charge in [-0.3, -0.25) is 14.1 Å². The molecule has 0 saturated carbocycles. The molecule has 1 aromatic rings. The van der Waals surface area contributed by atoms with Crippen molar-refractivity contribution in [2.24, 2.45) is 0 Å². The van der Waals surface area contributed by atoms with E-state index in [9.17, 15) is 24.1 Å². The summed E-state index contributed by atoms with van der Waals surface area (Å²) in [4.78, 5) is 40.2. The Morgan fingerprint density at radius 2 is 1.88 bits per heavy atom. The molecule has 1 aliphatic heterocycles. The van der Waals surface area contributed by atoms with Gasteiger partial charge in [0.2, 0.25) is 0 Å². The maximum absolute atomic E-state index is 11.8. The molecule has 0 bridgehead atoms. The number of aliphatic hydroxyl groups excluding tert-OH is 2. The number of nitrogens with one attached hydrogen (secondary N) is 1. The van der Waals surface area contributed by atoms with Crippen molar-refractivity contribution < 1.29 is 47.6 Å². The third-order valence-electron chi connectivity index (χ3n) is 3.07. The number of aromatic amines is 1. The number of hydrogen-bond donors (Lipinski definition) is 7. The first-order valence-electron chi connectivity index (χ1n) is 6.47. The maximum atomic E-state index is 11.8.